The van der Waals surface area contributed by atoms with E-state index in [4.69, 9.17) is 0 Å². The van der Waals surface area contributed by atoms with Crippen molar-refractivity contribution < 1.29 is 0 Å². The van der Waals surface area contributed by atoms with E-state index in [0.29, 0.717) is 10.8 Å². The van der Waals surface area contributed by atoms with Gasteiger partial charge in [-0.1, -0.05) is 80.1 Å². The van der Waals surface area contributed by atoms with E-state index < -0.39 is 0 Å². The normalized spacial score (nSPS) is 13.1. The highest BCUT2D eigenvalue weighted by atomic mass is 14.2. The van der Waals surface area contributed by atoms with Crippen molar-refractivity contribution in [2.45, 2.75) is 99.3 Å². The second-order valence-corrected chi connectivity index (χ2v) is 7.74. The van der Waals surface area contributed by atoms with E-state index in [9.17, 15) is 0 Å². The van der Waals surface area contributed by atoms with Crippen LogP contribution in [0.15, 0.2) is 0 Å². The third-order valence-electron chi connectivity index (χ3n) is 3.74. The molecular formula is C17H36. The third kappa shape index (κ3) is 12.2. The van der Waals surface area contributed by atoms with Gasteiger partial charge in [0.05, 0.1) is 0 Å². The van der Waals surface area contributed by atoms with Crippen LogP contribution in [0, 0.1) is 10.8 Å². The highest BCUT2D eigenvalue weighted by molar-refractivity contribution is 4.71. The van der Waals surface area contributed by atoms with Crippen molar-refractivity contribution >= 4 is 0 Å². The SMILES string of the molecule is CCCCCCCC(C)(C)CCCC(C)(C)C. The lowest BCUT2D eigenvalue weighted by atomic mass is 9.79. The lowest BCUT2D eigenvalue weighted by Gasteiger charge is -2.27. The standard InChI is InChI=1S/C17H36/c1-7-8-9-10-11-14-17(5,6)15-12-13-16(2,3)4/h7-15H2,1-6H3. The Labute approximate surface area is 111 Å². The van der Waals surface area contributed by atoms with Gasteiger partial charge in [-0.05, 0) is 30.1 Å². The predicted molar refractivity (Wildman–Crippen MR) is 80.5 cm³/mol. The zero-order valence-electron chi connectivity index (χ0n) is 13.4. The maximum absolute atomic E-state index is 2.45. The maximum Gasteiger partial charge on any atom is -0.0354 e. The van der Waals surface area contributed by atoms with Crippen LogP contribution in [0.5, 0.6) is 0 Å². The van der Waals surface area contributed by atoms with Gasteiger partial charge in [0.1, 0.15) is 0 Å². The predicted octanol–water partition coefficient (Wildman–Crippen LogP) is 6.59. The second-order valence-electron chi connectivity index (χ2n) is 7.74. The molecule has 0 atom stereocenters. The van der Waals surface area contributed by atoms with E-state index in [2.05, 4.69) is 41.5 Å². The first-order valence-corrected chi connectivity index (χ1v) is 7.77. The largest absolute Gasteiger partial charge is 0.0654 e. The summed E-state index contributed by atoms with van der Waals surface area (Å²) in [5.41, 5.74) is 1.08. The minimum atomic E-state index is 0.511. The van der Waals surface area contributed by atoms with Gasteiger partial charge in [0, 0.05) is 0 Å². The highest BCUT2D eigenvalue weighted by Gasteiger charge is 2.18. The molecule has 0 nitrogen and oxygen atoms in total. The van der Waals surface area contributed by atoms with Crippen molar-refractivity contribution in [3.8, 4) is 0 Å². The van der Waals surface area contributed by atoms with Crippen LogP contribution < -0.4 is 0 Å². The summed E-state index contributed by atoms with van der Waals surface area (Å²) in [7, 11) is 0. The molecule has 0 N–H and O–H groups in total. The zero-order valence-corrected chi connectivity index (χ0v) is 13.4. The molecule has 0 unspecified atom stereocenters. The van der Waals surface area contributed by atoms with Crippen LogP contribution in [-0.4, -0.2) is 0 Å². The lowest BCUT2D eigenvalue weighted by molar-refractivity contribution is 0.258. The van der Waals surface area contributed by atoms with Crippen LogP contribution in [0.25, 0.3) is 0 Å². The Kier molecular flexibility index (Phi) is 8.16. The fraction of sp³-hybridized carbons (Fsp3) is 1.00. The van der Waals surface area contributed by atoms with Gasteiger partial charge in [-0.3, -0.25) is 0 Å². The summed E-state index contributed by atoms with van der Waals surface area (Å²) < 4.78 is 0. The van der Waals surface area contributed by atoms with E-state index in [-0.39, 0.29) is 0 Å². The van der Waals surface area contributed by atoms with E-state index in [1.165, 1.54) is 57.8 Å². The summed E-state index contributed by atoms with van der Waals surface area (Å²) in [6.07, 6.45) is 12.7. The fourth-order valence-electron chi connectivity index (χ4n) is 2.43. The highest BCUT2D eigenvalue weighted by Crippen LogP contribution is 2.32. The molecule has 0 aliphatic heterocycles. The Morgan fingerprint density at radius 3 is 1.65 bits per heavy atom. The van der Waals surface area contributed by atoms with Crippen LogP contribution >= 0.6 is 0 Å². The molecule has 0 radical (unpaired) electrons. The molecule has 0 spiro atoms. The Morgan fingerprint density at radius 2 is 1.12 bits per heavy atom. The summed E-state index contributed by atoms with van der Waals surface area (Å²) in [6.45, 7) is 14.3. The summed E-state index contributed by atoms with van der Waals surface area (Å²) in [4.78, 5) is 0. The van der Waals surface area contributed by atoms with Crippen LogP contribution in [0.4, 0.5) is 0 Å². The Hall–Kier alpha value is 0. The molecule has 104 valence electrons. The van der Waals surface area contributed by atoms with E-state index >= 15 is 0 Å². The third-order valence-corrected chi connectivity index (χ3v) is 3.74. The van der Waals surface area contributed by atoms with Crippen molar-refractivity contribution in [1.29, 1.82) is 0 Å². The van der Waals surface area contributed by atoms with Crippen molar-refractivity contribution in [1.82, 2.24) is 0 Å². The van der Waals surface area contributed by atoms with E-state index in [1.54, 1.807) is 0 Å². The van der Waals surface area contributed by atoms with Gasteiger partial charge in [0.25, 0.3) is 0 Å². The molecule has 0 aromatic rings. The average Bonchev–Trinajstić information content (AvgIpc) is 2.14. The first-order valence-electron chi connectivity index (χ1n) is 7.77. The first-order chi connectivity index (χ1) is 7.77. The molecule has 0 bridgehead atoms. The number of unbranched alkanes of at least 4 members (excludes halogenated alkanes) is 4. The minimum absolute atomic E-state index is 0.511. The van der Waals surface area contributed by atoms with Crippen LogP contribution in [0.1, 0.15) is 99.3 Å². The second kappa shape index (κ2) is 8.16. The van der Waals surface area contributed by atoms with Crippen LogP contribution in [0.2, 0.25) is 0 Å². The van der Waals surface area contributed by atoms with Crippen molar-refractivity contribution in [3.63, 3.8) is 0 Å². The number of hydrogen-bond acceptors (Lipinski definition) is 0. The van der Waals surface area contributed by atoms with Gasteiger partial charge in [0.15, 0.2) is 0 Å². The molecule has 17 heavy (non-hydrogen) atoms. The van der Waals surface area contributed by atoms with Gasteiger partial charge >= 0.3 is 0 Å². The van der Waals surface area contributed by atoms with Crippen molar-refractivity contribution in [2.24, 2.45) is 10.8 Å². The Bertz CT molecular complexity index is 171. The smallest absolute Gasteiger partial charge is 0.0354 e. The topological polar surface area (TPSA) is 0 Å². The van der Waals surface area contributed by atoms with E-state index in [0.717, 1.165) is 0 Å². The molecule has 0 heteroatoms. The summed E-state index contributed by atoms with van der Waals surface area (Å²) in [5.74, 6) is 0. The van der Waals surface area contributed by atoms with Gasteiger partial charge in [-0.15, -0.1) is 0 Å². The molecule has 0 fully saturated rings. The first kappa shape index (κ1) is 17.0. The fourth-order valence-corrected chi connectivity index (χ4v) is 2.43. The Morgan fingerprint density at radius 1 is 0.588 bits per heavy atom. The summed E-state index contributed by atoms with van der Waals surface area (Å²) in [5, 5.41) is 0. The van der Waals surface area contributed by atoms with Crippen LogP contribution in [-0.2, 0) is 0 Å². The quantitative estimate of drug-likeness (QED) is 0.399. The zero-order chi connectivity index (χ0) is 13.4. The van der Waals surface area contributed by atoms with Crippen molar-refractivity contribution in [3.05, 3.63) is 0 Å². The number of hydrogen-bond donors (Lipinski definition) is 0. The molecular weight excluding hydrogens is 204 g/mol. The molecule has 0 saturated heterocycles. The average molecular weight is 240 g/mol. The summed E-state index contributed by atoms with van der Waals surface area (Å²) >= 11 is 0. The van der Waals surface area contributed by atoms with Crippen molar-refractivity contribution in [2.75, 3.05) is 0 Å². The summed E-state index contributed by atoms with van der Waals surface area (Å²) in [6, 6.07) is 0. The van der Waals surface area contributed by atoms with Gasteiger partial charge in [0.2, 0.25) is 0 Å². The van der Waals surface area contributed by atoms with Gasteiger partial charge in [-0.2, -0.15) is 0 Å². The van der Waals surface area contributed by atoms with Crippen LogP contribution in [0.3, 0.4) is 0 Å². The molecule has 0 saturated carbocycles. The molecule has 0 aromatic heterocycles. The molecule has 0 aromatic carbocycles. The van der Waals surface area contributed by atoms with Gasteiger partial charge < -0.3 is 0 Å². The Balaban J connectivity index is 3.58. The molecule has 0 aliphatic carbocycles. The monoisotopic (exact) mass is 240 g/mol. The molecule has 0 aliphatic rings. The molecule has 0 heterocycles. The molecule has 0 amide bonds. The minimum Gasteiger partial charge on any atom is -0.0654 e. The number of rotatable bonds is 9. The maximum atomic E-state index is 2.45. The van der Waals surface area contributed by atoms with E-state index in [1.807, 2.05) is 0 Å². The lowest BCUT2D eigenvalue weighted by Crippen LogP contribution is -2.13. The molecule has 0 rings (SSSR count). The van der Waals surface area contributed by atoms with Gasteiger partial charge in [-0.25, -0.2) is 0 Å².